The molecule has 2 rings (SSSR count). The molecule has 4 unspecified atom stereocenters. The van der Waals surface area contributed by atoms with Gasteiger partial charge in [0.2, 0.25) is 0 Å². The molecule has 0 saturated carbocycles. The minimum atomic E-state index is -0.972. The van der Waals surface area contributed by atoms with Crippen LogP contribution in [0.3, 0.4) is 0 Å². The predicted molar refractivity (Wildman–Crippen MR) is 76.8 cm³/mol. The smallest absolute Gasteiger partial charge is 0.123 e. The molecule has 0 aromatic heterocycles. The number of ether oxygens (including phenoxy) is 2. The number of hydrogen-bond donors (Lipinski definition) is 1. The Balaban J connectivity index is 2.04. The fraction of sp³-hybridized carbons (Fsp3) is 0.571. The Labute approximate surface area is 116 Å². The normalized spacial score (nSPS) is 26.1. The van der Waals surface area contributed by atoms with Gasteiger partial charge >= 0.3 is 0 Å². The van der Waals surface area contributed by atoms with E-state index in [9.17, 15) is 4.21 Å². The second-order valence-corrected chi connectivity index (χ2v) is 6.50. The number of rotatable bonds is 5. The van der Waals surface area contributed by atoms with Crippen molar-refractivity contribution in [1.82, 2.24) is 0 Å². The molecular weight excluding hydrogens is 262 g/mol. The molecule has 1 aliphatic rings. The van der Waals surface area contributed by atoms with E-state index < -0.39 is 10.8 Å². The highest BCUT2D eigenvalue weighted by atomic mass is 32.2. The van der Waals surface area contributed by atoms with Crippen LogP contribution in [0.15, 0.2) is 24.3 Å². The van der Waals surface area contributed by atoms with Gasteiger partial charge in [-0.05, 0) is 19.4 Å². The van der Waals surface area contributed by atoms with Crippen molar-refractivity contribution in [2.45, 2.75) is 30.7 Å². The quantitative estimate of drug-likeness (QED) is 0.892. The number of para-hydroxylation sites is 1. The van der Waals surface area contributed by atoms with E-state index in [2.05, 4.69) is 0 Å². The van der Waals surface area contributed by atoms with E-state index in [4.69, 9.17) is 15.2 Å². The minimum absolute atomic E-state index is 0.0608. The topological polar surface area (TPSA) is 61.5 Å². The Bertz CT molecular complexity index is 452. The summed E-state index contributed by atoms with van der Waals surface area (Å²) in [7, 11) is 0.649. The maximum atomic E-state index is 12.3. The molecule has 1 aliphatic heterocycles. The van der Waals surface area contributed by atoms with E-state index in [1.807, 2.05) is 31.2 Å². The zero-order valence-corrected chi connectivity index (χ0v) is 12.2. The first-order chi connectivity index (χ1) is 9.13. The Morgan fingerprint density at radius 2 is 2.26 bits per heavy atom. The summed E-state index contributed by atoms with van der Waals surface area (Å²) in [6.07, 6.45) is 0.914. The van der Waals surface area contributed by atoms with Crippen molar-refractivity contribution in [3.63, 3.8) is 0 Å². The third-order valence-corrected chi connectivity index (χ3v) is 5.51. The van der Waals surface area contributed by atoms with Gasteiger partial charge in [0.1, 0.15) is 5.75 Å². The Hall–Kier alpha value is -0.910. The molecule has 4 nitrogen and oxygen atoms in total. The van der Waals surface area contributed by atoms with Gasteiger partial charge in [-0.25, -0.2) is 0 Å². The lowest BCUT2D eigenvalue weighted by Gasteiger charge is -2.19. The lowest BCUT2D eigenvalue weighted by molar-refractivity contribution is 0.127. The molecule has 4 atom stereocenters. The molecule has 0 radical (unpaired) electrons. The molecule has 106 valence electrons. The first-order valence-electron chi connectivity index (χ1n) is 6.50. The summed E-state index contributed by atoms with van der Waals surface area (Å²) in [4.78, 5) is 0. The van der Waals surface area contributed by atoms with Gasteiger partial charge in [-0.15, -0.1) is 0 Å². The third-order valence-electron chi connectivity index (χ3n) is 3.53. The SMILES string of the molecule is COc1ccccc1C(N)CS(=O)C1CCOC1C. The number of methoxy groups -OCH3 is 1. The first-order valence-corrected chi connectivity index (χ1v) is 7.89. The lowest BCUT2D eigenvalue weighted by Crippen LogP contribution is -2.29. The van der Waals surface area contributed by atoms with Crippen LogP contribution in [0.2, 0.25) is 0 Å². The molecule has 1 aromatic carbocycles. The van der Waals surface area contributed by atoms with Crippen molar-refractivity contribution in [1.29, 1.82) is 0 Å². The van der Waals surface area contributed by atoms with Crippen LogP contribution >= 0.6 is 0 Å². The van der Waals surface area contributed by atoms with Gasteiger partial charge in [-0.1, -0.05) is 18.2 Å². The highest BCUT2D eigenvalue weighted by Crippen LogP contribution is 2.26. The van der Waals surface area contributed by atoms with Crippen LogP contribution < -0.4 is 10.5 Å². The Morgan fingerprint density at radius 3 is 2.89 bits per heavy atom. The second kappa shape index (κ2) is 6.50. The standard InChI is InChI=1S/C14H21NO3S/c1-10-14(7-8-18-10)19(16)9-12(15)11-5-3-4-6-13(11)17-2/h3-6,10,12,14H,7-9,15H2,1-2H3. The number of nitrogens with two attached hydrogens (primary N) is 1. The molecule has 0 spiro atoms. The molecule has 0 bridgehead atoms. The van der Waals surface area contributed by atoms with Gasteiger partial charge < -0.3 is 15.2 Å². The molecule has 0 aliphatic carbocycles. The van der Waals surface area contributed by atoms with Crippen LogP contribution in [-0.2, 0) is 15.5 Å². The molecule has 1 saturated heterocycles. The third kappa shape index (κ3) is 3.35. The van der Waals surface area contributed by atoms with E-state index in [0.29, 0.717) is 12.4 Å². The highest BCUT2D eigenvalue weighted by molar-refractivity contribution is 7.85. The summed E-state index contributed by atoms with van der Waals surface area (Å²) < 4.78 is 23.1. The van der Waals surface area contributed by atoms with Gasteiger partial charge in [-0.2, -0.15) is 0 Å². The van der Waals surface area contributed by atoms with Crippen molar-refractivity contribution >= 4 is 10.8 Å². The van der Waals surface area contributed by atoms with Crippen LogP contribution in [-0.4, -0.2) is 35.0 Å². The molecule has 0 amide bonds. The number of hydrogen-bond acceptors (Lipinski definition) is 4. The Morgan fingerprint density at radius 1 is 1.53 bits per heavy atom. The summed E-state index contributed by atoms with van der Waals surface area (Å²) in [5, 5.41) is 0.0979. The predicted octanol–water partition coefficient (Wildman–Crippen LogP) is 1.62. The molecular formula is C14H21NO3S. The fourth-order valence-corrected chi connectivity index (χ4v) is 4.07. The first kappa shape index (κ1) is 14.5. The maximum Gasteiger partial charge on any atom is 0.123 e. The van der Waals surface area contributed by atoms with Crippen LogP contribution in [0.25, 0.3) is 0 Å². The van der Waals surface area contributed by atoms with Crippen molar-refractivity contribution < 1.29 is 13.7 Å². The van der Waals surface area contributed by atoms with Gasteiger partial charge in [0.15, 0.2) is 0 Å². The molecule has 1 aromatic rings. The monoisotopic (exact) mass is 283 g/mol. The van der Waals surface area contributed by atoms with E-state index >= 15 is 0 Å². The van der Waals surface area contributed by atoms with Gasteiger partial charge in [0.25, 0.3) is 0 Å². The van der Waals surface area contributed by atoms with Gasteiger partial charge in [0.05, 0.1) is 18.5 Å². The van der Waals surface area contributed by atoms with Crippen LogP contribution in [0, 0.1) is 0 Å². The minimum Gasteiger partial charge on any atom is -0.496 e. The number of benzene rings is 1. The fourth-order valence-electron chi connectivity index (χ4n) is 2.42. The van der Waals surface area contributed by atoms with Crippen molar-refractivity contribution in [3.05, 3.63) is 29.8 Å². The van der Waals surface area contributed by atoms with Crippen LogP contribution in [0.1, 0.15) is 24.9 Å². The summed E-state index contributed by atoms with van der Waals surface area (Å²) in [6.45, 7) is 2.67. The van der Waals surface area contributed by atoms with Crippen LogP contribution in [0.5, 0.6) is 5.75 Å². The maximum absolute atomic E-state index is 12.3. The molecule has 5 heteroatoms. The van der Waals surface area contributed by atoms with Crippen molar-refractivity contribution in [2.75, 3.05) is 19.5 Å². The zero-order chi connectivity index (χ0) is 13.8. The molecule has 19 heavy (non-hydrogen) atoms. The van der Waals surface area contributed by atoms with Gasteiger partial charge in [0, 0.05) is 34.8 Å². The van der Waals surface area contributed by atoms with Gasteiger partial charge in [-0.3, -0.25) is 4.21 Å². The van der Waals surface area contributed by atoms with Crippen LogP contribution in [0.4, 0.5) is 0 Å². The van der Waals surface area contributed by atoms with E-state index in [-0.39, 0.29) is 17.4 Å². The molecule has 1 heterocycles. The summed E-state index contributed by atoms with van der Waals surface area (Å²) in [6, 6.07) is 7.35. The average Bonchev–Trinajstić information content (AvgIpc) is 2.85. The van der Waals surface area contributed by atoms with Crippen molar-refractivity contribution in [2.24, 2.45) is 5.73 Å². The highest BCUT2D eigenvalue weighted by Gasteiger charge is 2.30. The average molecular weight is 283 g/mol. The Kier molecular flexibility index (Phi) is 4.96. The largest absolute Gasteiger partial charge is 0.496 e. The zero-order valence-electron chi connectivity index (χ0n) is 11.4. The lowest BCUT2D eigenvalue weighted by atomic mass is 10.1. The van der Waals surface area contributed by atoms with Crippen molar-refractivity contribution in [3.8, 4) is 5.75 Å². The van der Waals surface area contributed by atoms with E-state index in [1.165, 1.54) is 0 Å². The summed E-state index contributed by atoms with van der Waals surface area (Å²) in [5.41, 5.74) is 7.08. The molecule has 1 fully saturated rings. The molecule has 2 N–H and O–H groups in total. The summed E-state index contributed by atoms with van der Waals surface area (Å²) >= 11 is 0. The summed E-state index contributed by atoms with van der Waals surface area (Å²) in [5.74, 6) is 1.20. The van der Waals surface area contributed by atoms with E-state index in [0.717, 1.165) is 17.7 Å². The van der Waals surface area contributed by atoms with E-state index in [1.54, 1.807) is 7.11 Å². The second-order valence-electron chi connectivity index (χ2n) is 4.80.